The molecular formula is C15H20N4S. The van der Waals surface area contributed by atoms with Crippen LogP contribution in [0.15, 0.2) is 35.5 Å². The van der Waals surface area contributed by atoms with Crippen LogP contribution in [0.2, 0.25) is 0 Å². The molecule has 4 nitrogen and oxygen atoms in total. The lowest BCUT2D eigenvalue weighted by molar-refractivity contribution is 0.939. The van der Waals surface area contributed by atoms with Gasteiger partial charge in [-0.2, -0.15) is 0 Å². The van der Waals surface area contributed by atoms with E-state index in [4.69, 9.17) is 0 Å². The molecule has 0 saturated carbocycles. The average molecular weight is 288 g/mol. The van der Waals surface area contributed by atoms with Gasteiger partial charge in [-0.3, -0.25) is 0 Å². The molecule has 0 atom stereocenters. The molecule has 1 heterocycles. The van der Waals surface area contributed by atoms with Gasteiger partial charge in [-0.05, 0) is 31.7 Å². The molecule has 0 aliphatic rings. The van der Waals surface area contributed by atoms with Crippen molar-refractivity contribution in [2.75, 3.05) is 30.1 Å². The second-order valence-electron chi connectivity index (χ2n) is 4.47. The number of para-hydroxylation sites is 1. The zero-order valence-electron chi connectivity index (χ0n) is 12.3. The molecule has 2 aromatic rings. The Morgan fingerprint density at radius 3 is 2.65 bits per heavy atom. The number of hydrogen-bond acceptors (Lipinski definition) is 5. The first-order valence-corrected chi connectivity index (χ1v) is 7.84. The number of rotatable bonds is 5. The Balaban J connectivity index is 2.40. The number of anilines is 3. The Kier molecular flexibility index (Phi) is 4.84. The fourth-order valence-corrected chi connectivity index (χ4v) is 2.39. The van der Waals surface area contributed by atoms with Gasteiger partial charge in [0.25, 0.3) is 0 Å². The third-order valence-corrected chi connectivity index (χ3v) is 3.60. The Morgan fingerprint density at radius 1 is 1.25 bits per heavy atom. The van der Waals surface area contributed by atoms with E-state index in [2.05, 4.69) is 46.2 Å². The Morgan fingerprint density at radius 2 is 2.00 bits per heavy atom. The molecule has 0 radical (unpaired) electrons. The van der Waals surface area contributed by atoms with Gasteiger partial charge in [0.2, 0.25) is 0 Å². The van der Waals surface area contributed by atoms with E-state index in [1.807, 2.05) is 31.5 Å². The van der Waals surface area contributed by atoms with Crippen LogP contribution in [-0.4, -0.2) is 29.8 Å². The van der Waals surface area contributed by atoms with E-state index in [9.17, 15) is 0 Å². The van der Waals surface area contributed by atoms with Crippen LogP contribution in [0.1, 0.15) is 12.5 Å². The first-order valence-electron chi connectivity index (χ1n) is 6.62. The second kappa shape index (κ2) is 6.61. The van der Waals surface area contributed by atoms with Crippen LogP contribution in [0.3, 0.4) is 0 Å². The summed E-state index contributed by atoms with van der Waals surface area (Å²) in [7, 11) is 2.03. The normalized spacial score (nSPS) is 10.4. The van der Waals surface area contributed by atoms with Crippen molar-refractivity contribution in [3.8, 4) is 0 Å². The van der Waals surface area contributed by atoms with Gasteiger partial charge in [0.1, 0.15) is 11.6 Å². The minimum absolute atomic E-state index is 0.777. The van der Waals surface area contributed by atoms with Crippen LogP contribution in [0, 0.1) is 6.92 Å². The number of aromatic nitrogens is 2. The van der Waals surface area contributed by atoms with Crippen molar-refractivity contribution in [1.82, 2.24) is 9.97 Å². The molecule has 1 aromatic heterocycles. The molecule has 1 N–H and O–H groups in total. The first kappa shape index (κ1) is 14.7. The molecule has 0 aliphatic heterocycles. The largest absolute Gasteiger partial charge is 0.370 e. The topological polar surface area (TPSA) is 41.0 Å². The Labute approximate surface area is 124 Å². The fraction of sp³-hybridized carbons (Fsp3) is 0.333. The lowest BCUT2D eigenvalue weighted by atomic mass is 10.2. The molecule has 0 amide bonds. The minimum Gasteiger partial charge on any atom is -0.370 e. The Hall–Kier alpha value is -1.75. The quantitative estimate of drug-likeness (QED) is 0.671. The smallest absolute Gasteiger partial charge is 0.191 e. The molecule has 0 fully saturated rings. The van der Waals surface area contributed by atoms with Crippen LogP contribution in [-0.2, 0) is 0 Å². The fourth-order valence-electron chi connectivity index (χ4n) is 2.01. The number of nitrogens with one attached hydrogen (secondary N) is 1. The SMILES string of the molecule is CCNc1cc(N(C)c2ccccc2C)nc(SC)n1. The van der Waals surface area contributed by atoms with E-state index in [0.29, 0.717) is 0 Å². The van der Waals surface area contributed by atoms with Crippen molar-refractivity contribution >= 4 is 29.1 Å². The number of benzene rings is 1. The van der Waals surface area contributed by atoms with Gasteiger partial charge in [-0.25, -0.2) is 9.97 Å². The van der Waals surface area contributed by atoms with Crippen LogP contribution < -0.4 is 10.2 Å². The molecule has 0 spiro atoms. The maximum absolute atomic E-state index is 4.59. The maximum Gasteiger partial charge on any atom is 0.191 e. The molecule has 0 aliphatic carbocycles. The number of aryl methyl sites for hydroxylation is 1. The summed E-state index contributed by atoms with van der Waals surface area (Å²) in [5, 5.41) is 4.03. The number of thioether (sulfide) groups is 1. The zero-order chi connectivity index (χ0) is 14.5. The van der Waals surface area contributed by atoms with Crippen LogP contribution in [0.25, 0.3) is 0 Å². The predicted molar refractivity (Wildman–Crippen MR) is 87.2 cm³/mol. The van der Waals surface area contributed by atoms with E-state index in [1.54, 1.807) is 11.8 Å². The van der Waals surface area contributed by atoms with Gasteiger partial charge in [-0.15, -0.1) is 0 Å². The summed E-state index contributed by atoms with van der Waals surface area (Å²) in [6.45, 7) is 5.01. The van der Waals surface area contributed by atoms with Crippen molar-refractivity contribution in [2.45, 2.75) is 19.0 Å². The summed E-state index contributed by atoms with van der Waals surface area (Å²) in [5.74, 6) is 1.76. The second-order valence-corrected chi connectivity index (χ2v) is 5.25. The molecule has 2 rings (SSSR count). The highest BCUT2D eigenvalue weighted by Crippen LogP contribution is 2.27. The molecule has 20 heavy (non-hydrogen) atoms. The van der Waals surface area contributed by atoms with Gasteiger partial charge >= 0.3 is 0 Å². The highest BCUT2D eigenvalue weighted by molar-refractivity contribution is 7.98. The standard InChI is InChI=1S/C15H20N4S/c1-5-16-13-10-14(18-15(17-13)20-4)19(3)12-9-7-6-8-11(12)2/h6-10H,5H2,1-4H3,(H,16,17,18). The van der Waals surface area contributed by atoms with Gasteiger partial charge in [0.05, 0.1) is 0 Å². The number of nitrogens with zero attached hydrogens (tertiary/aromatic N) is 3. The van der Waals surface area contributed by atoms with E-state index in [-0.39, 0.29) is 0 Å². The third-order valence-electron chi connectivity index (χ3n) is 3.05. The monoisotopic (exact) mass is 288 g/mol. The molecule has 0 saturated heterocycles. The summed E-state index contributed by atoms with van der Waals surface area (Å²) in [5.41, 5.74) is 2.38. The van der Waals surface area contributed by atoms with Crippen molar-refractivity contribution in [1.29, 1.82) is 0 Å². The summed E-state index contributed by atoms with van der Waals surface area (Å²) < 4.78 is 0. The van der Waals surface area contributed by atoms with Gasteiger partial charge in [0.15, 0.2) is 5.16 Å². The van der Waals surface area contributed by atoms with Crippen molar-refractivity contribution in [3.05, 3.63) is 35.9 Å². The average Bonchev–Trinajstić information content (AvgIpc) is 2.47. The minimum atomic E-state index is 0.777. The van der Waals surface area contributed by atoms with E-state index in [1.165, 1.54) is 5.56 Å². The highest BCUT2D eigenvalue weighted by Gasteiger charge is 2.11. The van der Waals surface area contributed by atoms with Crippen molar-refractivity contribution < 1.29 is 0 Å². The number of hydrogen-bond donors (Lipinski definition) is 1. The molecular weight excluding hydrogens is 268 g/mol. The molecule has 106 valence electrons. The van der Waals surface area contributed by atoms with Crippen molar-refractivity contribution in [3.63, 3.8) is 0 Å². The van der Waals surface area contributed by atoms with E-state index in [0.717, 1.165) is 29.0 Å². The molecule has 0 bridgehead atoms. The maximum atomic E-state index is 4.59. The lowest BCUT2D eigenvalue weighted by Crippen LogP contribution is -2.14. The van der Waals surface area contributed by atoms with Crippen LogP contribution >= 0.6 is 11.8 Å². The van der Waals surface area contributed by atoms with Gasteiger partial charge < -0.3 is 10.2 Å². The summed E-state index contributed by atoms with van der Waals surface area (Å²) in [6, 6.07) is 10.3. The predicted octanol–water partition coefficient (Wildman–Crippen LogP) is 3.71. The molecule has 5 heteroatoms. The van der Waals surface area contributed by atoms with E-state index < -0.39 is 0 Å². The highest BCUT2D eigenvalue weighted by atomic mass is 32.2. The lowest BCUT2D eigenvalue weighted by Gasteiger charge is -2.21. The van der Waals surface area contributed by atoms with Crippen molar-refractivity contribution in [2.24, 2.45) is 0 Å². The van der Waals surface area contributed by atoms with Gasteiger partial charge in [0, 0.05) is 25.3 Å². The molecule has 0 unspecified atom stereocenters. The summed E-state index contributed by atoms with van der Waals surface area (Å²) >= 11 is 1.55. The summed E-state index contributed by atoms with van der Waals surface area (Å²) in [6.07, 6.45) is 1.99. The molecule has 1 aromatic carbocycles. The third kappa shape index (κ3) is 3.22. The van der Waals surface area contributed by atoms with E-state index >= 15 is 0 Å². The summed E-state index contributed by atoms with van der Waals surface area (Å²) in [4.78, 5) is 11.1. The Bertz CT molecular complexity index is 586. The van der Waals surface area contributed by atoms with Crippen LogP contribution in [0.4, 0.5) is 17.3 Å². The van der Waals surface area contributed by atoms with Gasteiger partial charge in [-0.1, -0.05) is 30.0 Å². The first-order chi connectivity index (χ1) is 9.65. The zero-order valence-corrected chi connectivity index (χ0v) is 13.2. The van der Waals surface area contributed by atoms with Crippen LogP contribution in [0.5, 0.6) is 0 Å².